The van der Waals surface area contributed by atoms with E-state index in [1.807, 2.05) is 57.9 Å². The molecule has 2 aliphatic rings. The van der Waals surface area contributed by atoms with Crippen LogP contribution in [0.4, 0.5) is 0 Å². The molecule has 0 aliphatic carbocycles. The minimum Gasteiger partial charge on any atom is -0.485 e. The Morgan fingerprint density at radius 1 is 0.569 bits per heavy atom. The maximum Gasteiger partial charge on any atom is 0.338 e. The van der Waals surface area contributed by atoms with Crippen molar-refractivity contribution < 1.29 is 48.0 Å². The van der Waals surface area contributed by atoms with Gasteiger partial charge in [-0.1, -0.05) is 84.9 Å². The number of aliphatic hydroxyl groups is 1. The lowest BCUT2D eigenvalue weighted by Gasteiger charge is -2.24. The molecule has 2 aliphatic heterocycles. The van der Waals surface area contributed by atoms with Crippen molar-refractivity contribution in [3.63, 3.8) is 0 Å². The van der Waals surface area contributed by atoms with Crippen molar-refractivity contribution in [3.05, 3.63) is 164 Å². The summed E-state index contributed by atoms with van der Waals surface area (Å²) >= 11 is 17.9. The lowest BCUT2D eigenvalue weighted by molar-refractivity contribution is 0.0114. The van der Waals surface area contributed by atoms with Crippen LogP contribution >= 0.6 is 57.5 Å². The first-order valence-corrected chi connectivity index (χ1v) is 20.7. The molecule has 8 rings (SSSR count). The number of hydrogen-bond acceptors (Lipinski definition) is 12. The highest BCUT2D eigenvalue weighted by Crippen LogP contribution is 2.36. The number of ether oxygens (including phenoxy) is 5. The average molecular weight is 882 g/mol. The van der Waals surface area contributed by atoms with Gasteiger partial charge in [0.05, 0.1) is 17.5 Å². The van der Waals surface area contributed by atoms with E-state index >= 15 is 0 Å². The van der Waals surface area contributed by atoms with Crippen LogP contribution in [-0.4, -0.2) is 71.9 Å². The molecule has 300 valence electrons. The molecule has 1 N–H and O–H groups in total. The molecule has 2 aromatic heterocycles. The van der Waals surface area contributed by atoms with E-state index in [0.29, 0.717) is 52.3 Å². The van der Waals surface area contributed by atoms with Crippen LogP contribution in [0, 0.1) is 0 Å². The van der Waals surface area contributed by atoms with E-state index in [4.69, 9.17) is 63.6 Å². The monoisotopic (exact) mass is 880 g/mol. The maximum absolute atomic E-state index is 12.4. The summed E-state index contributed by atoms with van der Waals surface area (Å²) in [5.74, 6) is 2.32. The van der Waals surface area contributed by atoms with E-state index in [2.05, 4.69) is 0 Å². The molecule has 0 saturated heterocycles. The number of aliphatic hydroxyl groups excluding tert-OH is 1. The van der Waals surface area contributed by atoms with Crippen molar-refractivity contribution in [2.24, 2.45) is 0 Å². The second-order valence-corrected chi connectivity index (χ2v) is 14.6. The van der Waals surface area contributed by atoms with Crippen molar-refractivity contribution in [2.45, 2.75) is 12.2 Å². The smallest absolute Gasteiger partial charge is 0.338 e. The zero-order chi connectivity index (χ0) is 41.3. The third-order valence-corrected chi connectivity index (χ3v) is 9.67. The fourth-order valence-electron chi connectivity index (χ4n) is 5.17. The van der Waals surface area contributed by atoms with Crippen LogP contribution < -0.4 is 18.9 Å². The first kappa shape index (κ1) is 43.9. The number of ketones is 2. The molecular weight excluding hydrogens is 847 g/mol. The zero-order valence-corrected chi connectivity index (χ0v) is 34.4. The minimum absolute atomic E-state index is 0.00921. The van der Waals surface area contributed by atoms with Crippen LogP contribution in [0.3, 0.4) is 0 Å². The summed E-state index contributed by atoms with van der Waals surface area (Å²) in [5, 5.41) is 15.9. The van der Waals surface area contributed by atoms with E-state index in [1.54, 1.807) is 72.8 Å². The Balaban J connectivity index is 0.000000176. The van der Waals surface area contributed by atoms with Crippen LogP contribution in [-0.2, 0) is 4.74 Å². The van der Waals surface area contributed by atoms with Crippen LogP contribution in [0.2, 0.25) is 0 Å². The summed E-state index contributed by atoms with van der Waals surface area (Å²) in [5.41, 5.74) is 3.06. The van der Waals surface area contributed by atoms with Gasteiger partial charge in [0.15, 0.2) is 46.8 Å². The van der Waals surface area contributed by atoms with E-state index < -0.39 is 11.2 Å². The standard InChI is InChI=1S/C21H16O5S.C14H9ClO2.C7H8O3S.CH2Cl2/c22-20(14-4-2-1-3-5-14)15-6-8-16(9-7-15)21(23)25-11-17-10-24-18-12-27-13-19(18)26-17;15-14(17)12-8-6-11(7-9-12)13(16)10-4-2-1-3-5-10;8-1-5-2-9-6-3-11-4-7(6)10-5;2-1-3/h1-9,12-13,17H,10-11H2;1-9H;3-5,8H,1-2H2;1H2. The second kappa shape index (κ2) is 22.7. The number of carbonyl (C=O) groups is 4. The lowest BCUT2D eigenvalue weighted by atomic mass is 10.0. The van der Waals surface area contributed by atoms with Gasteiger partial charge in [0.2, 0.25) is 0 Å². The van der Waals surface area contributed by atoms with Gasteiger partial charge in [-0.05, 0) is 35.9 Å². The Hall–Kier alpha value is -5.21. The Labute approximate surface area is 357 Å². The fourth-order valence-corrected chi connectivity index (χ4v) is 6.64. The molecule has 0 bridgehead atoms. The van der Waals surface area contributed by atoms with Gasteiger partial charge in [-0.25, -0.2) is 4.79 Å². The molecule has 58 heavy (non-hydrogen) atoms. The minimum atomic E-state index is -0.524. The number of halogens is 3. The van der Waals surface area contributed by atoms with Crippen molar-refractivity contribution in [3.8, 4) is 23.0 Å². The van der Waals surface area contributed by atoms with Gasteiger partial charge in [0.25, 0.3) is 5.24 Å². The first-order chi connectivity index (χ1) is 28.2. The first-order valence-electron chi connectivity index (χ1n) is 17.4. The van der Waals surface area contributed by atoms with Gasteiger partial charge in [-0.3, -0.25) is 14.4 Å². The molecule has 6 aromatic rings. The second-order valence-electron chi connectivity index (χ2n) is 12.0. The zero-order valence-electron chi connectivity index (χ0n) is 30.5. The van der Waals surface area contributed by atoms with Crippen molar-refractivity contribution in [1.82, 2.24) is 0 Å². The number of thiophene rings is 2. The molecule has 0 saturated carbocycles. The van der Waals surface area contributed by atoms with Gasteiger partial charge in [-0.15, -0.1) is 45.9 Å². The molecule has 0 radical (unpaired) electrons. The Morgan fingerprint density at radius 2 is 0.948 bits per heavy atom. The van der Waals surface area contributed by atoms with Gasteiger partial charge in [-0.2, -0.15) is 0 Å². The third kappa shape index (κ3) is 12.6. The molecule has 4 heterocycles. The number of rotatable bonds is 9. The Bertz CT molecular complexity index is 2230. The number of benzene rings is 4. The summed E-state index contributed by atoms with van der Waals surface area (Å²) in [6.45, 7) is 0.885. The quantitative estimate of drug-likeness (QED) is 0.0648. The summed E-state index contributed by atoms with van der Waals surface area (Å²) < 4.78 is 27.2. The molecule has 15 heteroatoms. The number of fused-ring (bicyclic) bond motifs is 2. The Kier molecular flexibility index (Phi) is 17.2. The van der Waals surface area contributed by atoms with Crippen LogP contribution in [0.5, 0.6) is 23.0 Å². The van der Waals surface area contributed by atoms with Crippen molar-refractivity contribution in [1.29, 1.82) is 0 Å². The maximum atomic E-state index is 12.4. The molecule has 0 spiro atoms. The molecule has 0 fully saturated rings. The van der Waals surface area contributed by atoms with E-state index in [9.17, 15) is 19.2 Å². The highest BCUT2D eigenvalue weighted by molar-refractivity contribution is 7.08. The predicted molar refractivity (Wildman–Crippen MR) is 225 cm³/mol. The van der Waals surface area contributed by atoms with Crippen LogP contribution in [0.25, 0.3) is 0 Å². The summed E-state index contributed by atoms with van der Waals surface area (Å²) in [6.07, 6.45) is -0.535. The molecule has 2 atom stereocenters. The van der Waals surface area contributed by atoms with Gasteiger partial charge in [0.1, 0.15) is 19.8 Å². The highest BCUT2D eigenvalue weighted by atomic mass is 35.5. The summed E-state index contributed by atoms with van der Waals surface area (Å²) in [4.78, 5) is 47.5. The van der Waals surface area contributed by atoms with E-state index in [0.717, 1.165) is 17.2 Å². The number of alkyl halides is 2. The molecule has 10 nitrogen and oxygen atoms in total. The topological polar surface area (TPSA) is 135 Å². The SMILES string of the molecule is ClCCl.O=C(Cl)c1ccc(C(=O)c2ccccc2)cc1.O=C(OCC1COc2cscc2O1)c1ccc(C(=O)c2ccccc2)cc1.OCC1COc2cscc2O1. The van der Waals surface area contributed by atoms with Gasteiger partial charge < -0.3 is 28.8 Å². The highest BCUT2D eigenvalue weighted by Gasteiger charge is 2.24. The van der Waals surface area contributed by atoms with Crippen LogP contribution in [0.1, 0.15) is 52.6 Å². The Morgan fingerprint density at radius 3 is 1.40 bits per heavy atom. The third-order valence-electron chi connectivity index (χ3n) is 8.06. The fraction of sp³-hybridized carbons (Fsp3) is 0.163. The normalized spacial score (nSPS) is 14.4. The molecule has 4 aromatic carbocycles. The lowest BCUT2D eigenvalue weighted by Crippen LogP contribution is -2.33. The van der Waals surface area contributed by atoms with Crippen molar-refractivity contribution in [2.75, 3.05) is 31.8 Å². The molecule has 0 amide bonds. The number of hydrogen-bond donors (Lipinski definition) is 1. The van der Waals surface area contributed by atoms with Crippen molar-refractivity contribution >= 4 is 80.3 Å². The van der Waals surface area contributed by atoms with E-state index in [1.165, 1.54) is 22.7 Å². The summed E-state index contributed by atoms with van der Waals surface area (Å²) in [7, 11) is 0. The largest absolute Gasteiger partial charge is 0.485 e. The van der Waals surface area contributed by atoms with Crippen LogP contribution in [0.15, 0.2) is 131 Å². The summed E-state index contributed by atoms with van der Waals surface area (Å²) in [6, 6.07) is 30.7. The predicted octanol–water partition coefficient (Wildman–Crippen LogP) is 9.57. The number of carbonyl (C=O) groups excluding carboxylic acids is 4. The number of esters is 1. The van der Waals surface area contributed by atoms with Gasteiger partial charge in [0, 0.05) is 49.3 Å². The van der Waals surface area contributed by atoms with Gasteiger partial charge >= 0.3 is 5.97 Å². The molecular formula is C43H35Cl3O10S2. The van der Waals surface area contributed by atoms with E-state index in [-0.39, 0.29) is 42.3 Å². The molecule has 2 unspecified atom stereocenters. The average Bonchev–Trinajstić information content (AvgIpc) is 3.96.